The topological polar surface area (TPSA) is 106 Å². The summed E-state index contributed by atoms with van der Waals surface area (Å²) in [5, 5.41) is -0.378. The van der Waals surface area contributed by atoms with Crippen molar-refractivity contribution in [1.29, 1.82) is 0 Å². The molecule has 3 amide bonds. The van der Waals surface area contributed by atoms with Crippen molar-refractivity contribution in [2.45, 2.75) is 0 Å². The van der Waals surface area contributed by atoms with Gasteiger partial charge in [0.05, 0.1) is 24.1 Å². The summed E-state index contributed by atoms with van der Waals surface area (Å²) in [6, 6.07) is 13.0. The maximum Gasteiger partial charge on any atom is 0.343 e. The van der Waals surface area contributed by atoms with E-state index in [1.54, 1.807) is 11.0 Å². The average Bonchev–Trinajstić information content (AvgIpc) is 3.19. The van der Waals surface area contributed by atoms with Gasteiger partial charge in [0.25, 0.3) is 11.1 Å². The highest BCUT2D eigenvalue weighted by molar-refractivity contribution is 8.18. The highest BCUT2D eigenvalue weighted by Crippen LogP contribution is 2.39. The largest absolute Gasteiger partial charge is 0.493 e. The minimum atomic E-state index is -0.589. The van der Waals surface area contributed by atoms with Crippen LogP contribution >= 0.6 is 23.4 Å². The molecule has 0 aliphatic carbocycles. The molecule has 38 heavy (non-hydrogen) atoms. The molecule has 0 N–H and O–H groups in total. The summed E-state index contributed by atoms with van der Waals surface area (Å²) in [5.74, 6) is -1.05. The molecule has 2 aliphatic rings. The quantitative estimate of drug-likeness (QED) is 0.356. The molecule has 0 saturated carbocycles. The molecule has 0 radical (unpaired) electrons. The molecule has 0 aromatic heterocycles. The van der Waals surface area contributed by atoms with E-state index < -0.39 is 17.1 Å². The molecule has 2 aliphatic heterocycles. The number of benzene rings is 2. The van der Waals surface area contributed by atoms with Crippen molar-refractivity contribution >= 4 is 58.1 Å². The van der Waals surface area contributed by atoms with Gasteiger partial charge in [-0.3, -0.25) is 19.3 Å². The summed E-state index contributed by atoms with van der Waals surface area (Å²) in [6.45, 7) is 1.65. The van der Waals surface area contributed by atoms with Crippen LogP contribution in [0.25, 0.3) is 6.08 Å². The third-order valence-corrected chi connectivity index (χ3v) is 7.22. The van der Waals surface area contributed by atoms with Crippen molar-refractivity contribution < 1.29 is 33.4 Å². The average molecular weight is 560 g/mol. The fourth-order valence-corrected chi connectivity index (χ4v) is 5.14. The third kappa shape index (κ3) is 6.22. The second-order valence-electron chi connectivity index (χ2n) is 8.37. The maximum absolute atomic E-state index is 13.0. The van der Waals surface area contributed by atoms with E-state index in [1.165, 1.54) is 26.4 Å². The Morgan fingerprint density at radius 1 is 1.05 bits per heavy atom. The van der Waals surface area contributed by atoms with Gasteiger partial charge in [-0.05, 0) is 47.7 Å². The summed E-state index contributed by atoms with van der Waals surface area (Å²) < 4.78 is 15.3. The van der Waals surface area contributed by atoms with Gasteiger partial charge in [0, 0.05) is 31.9 Å². The van der Waals surface area contributed by atoms with Crippen LogP contribution in [0.3, 0.4) is 0 Å². The number of hydrogen-bond donors (Lipinski definition) is 0. The second kappa shape index (κ2) is 12.2. The van der Waals surface area contributed by atoms with Crippen molar-refractivity contribution in [2.75, 3.05) is 58.5 Å². The van der Waals surface area contributed by atoms with Crippen LogP contribution in [0, 0.1) is 0 Å². The van der Waals surface area contributed by atoms with Crippen molar-refractivity contribution in [3.63, 3.8) is 0 Å². The molecule has 0 atom stereocenters. The number of hydrogen-bond acceptors (Lipinski definition) is 9. The van der Waals surface area contributed by atoms with Crippen molar-refractivity contribution in [1.82, 2.24) is 9.80 Å². The minimum absolute atomic E-state index is 0.141. The van der Waals surface area contributed by atoms with Gasteiger partial charge >= 0.3 is 5.97 Å². The number of ether oxygens (including phenoxy) is 3. The molecule has 2 fully saturated rings. The standard InChI is InChI=1S/C26H26ClN3O7S/c1-35-20-13-17(12-19(27)24(20)37-16-23(32)36-2)14-21-25(33)30(26(34)38-21)15-22(31)29-10-8-28(9-11-29)18-6-4-3-5-7-18/h3-7,12-14H,8-11,15-16H2,1-2H3/b21-14+. The van der Waals surface area contributed by atoms with Crippen molar-refractivity contribution in [2.24, 2.45) is 0 Å². The van der Waals surface area contributed by atoms with Gasteiger partial charge in [-0.1, -0.05) is 29.8 Å². The fourth-order valence-electron chi connectivity index (χ4n) is 4.03. The summed E-state index contributed by atoms with van der Waals surface area (Å²) >= 11 is 7.06. The number of amides is 3. The SMILES string of the molecule is COC(=O)COc1c(Cl)cc(/C=C2/SC(=O)N(CC(=O)N3CCN(c4ccccc4)CC3)C2=O)cc1OC. The number of piperazine rings is 1. The zero-order valence-electron chi connectivity index (χ0n) is 20.8. The lowest BCUT2D eigenvalue weighted by atomic mass is 10.1. The summed E-state index contributed by atoms with van der Waals surface area (Å²) in [5.41, 5.74) is 1.57. The molecular formula is C26H26ClN3O7S. The Bertz CT molecular complexity index is 1260. The van der Waals surface area contributed by atoms with Gasteiger partial charge in [-0.15, -0.1) is 0 Å². The van der Waals surface area contributed by atoms with Crippen LogP contribution in [0.2, 0.25) is 5.02 Å². The molecular weight excluding hydrogens is 534 g/mol. The first-order chi connectivity index (χ1) is 18.3. The monoisotopic (exact) mass is 559 g/mol. The Balaban J connectivity index is 1.40. The van der Waals surface area contributed by atoms with Gasteiger partial charge < -0.3 is 24.0 Å². The molecule has 2 aromatic rings. The number of nitrogens with zero attached hydrogens (tertiary/aromatic N) is 3. The Kier molecular flexibility index (Phi) is 8.80. The van der Waals surface area contributed by atoms with Crippen LogP contribution < -0.4 is 14.4 Å². The number of para-hydroxylation sites is 1. The molecule has 4 rings (SSSR count). The van der Waals surface area contributed by atoms with Crippen molar-refractivity contribution in [3.8, 4) is 11.5 Å². The summed E-state index contributed by atoms with van der Waals surface area (Å²) in [4.78, 5) is 54.8. The van der Waals surface area contributed by atoms with Crippen LogP contribution in [-0.4, -0.2) is 86.4 Å². The number of carbonyl (C=O) groups excluding carboxylic acids is 4. The zero-order chi connectivity index (χ0) is 27.2. The highest BCUT2D eigenvalue weighted by atomic mass is 35.5. The minimum Gasteiger partial charge on any atom is -0.493 e. The van der Waals surface area contributed by atoms with E-state index in [4.69, 9.17) is 21.1 Å². The fraction of sp³-hybridized carbons (Fsp3) is 0.308. The first-order valence-corrected chi connectivity index (χ1v) is 12.9. The van der Waals surface area contributed by atoms with E-state index in [0.29, 0.717) is 31.7 Å². The molecule has 200 valence electrons. The second-order valence-corrected chi connectivity index (χ2v) is 9.77. The number of thioether (sulfide) groups is 1. The molecule has 2 heterocycles. The molecule has 0 spiro atoms. The predicted molar refractivity (Wildman–Crippen MR) is 143 cm³/mol. The van der Waals surface area contributed by atoms with E-state index in [2.05, 4.69) is 9.64 Å². The number of methoxy groups -OCH3 is 2. The lowest BCUT2D eigenvalue weighted by molar-refractivity contribution is -0.143. The number of carbonyl (C=O) groups is 4. The van der Waals surface area contributed by atoms with Gasteiger partial charge in [-0.25, -0.2) is 4.79 Å². The Labute approximate surface area is 229 Å². The van der Waals surface area contributed by atoms with E-state index in [9.17, 15) is 19.2 Å². The van der Waals surface area contributed by atoms with E-state index in [1.807, 2.05) is 30.3 Å². The van der Waals surface area contributed by atoms with Crippen LogP contribution in [0.4, 0.5) is 10.5 Å². The zero-order valence-corrected chi connectivity index (χ0v) is 22.4. The van der Waals surface area contributed by atoms with Gasteiger partial charge in [-0.2, -0.15) is 0 Å². The normalized spacial score (nSPS) is 16.7. The number of rotatable bonds is 8. The molecule has 2 aromatic carbocycles. The van der Waals surface area contributed by atoms with Gasteiger partial charge in [0.2, 0.25) is 5.91 Å². The molecule has 2 saturated heterocycles. The third-order valence-electron chi connectivity index (χ3n) is 6.03. The lowest BCUT2D eigenvalue weighted by Crippen LogP contribution is -2.51. The molecule has 12 heteroatoms. The predicted octanol–water partition coefficient (Wildman–Crippen LogP) is 3.29. The number of halogens is 1. The Morgan fingerprint density at radius 3 is 2.42 bits per heavy atom. The number of esters is 1. The van der Waals surface area contributed by atoms with Crippen LogP contribution in [0.1, 0.15) is 5.56 Å². The Hall–Kier alpha value is -3.70. The summed E-state index contributed by atoms with van der Waals surface area (Å²) in [6.07, 6.45) is 1.49. The Morgan fingerprint density at radius 2 is 1.76 bits per heavy atom. The molecule has 10 nitrogen and oxygen atoms in total. The van der Waals surface area contributed by atoms with Crippen LogP contribution in [-0.2, 0) is 19.1 Å². The first kappa shape index (κ1) is 27.3. The highest BCUT2D eigenvalue weighted by Gasteiger charge is 2.37. The smallest absolute Gasteiger partial charge is 0.343 e. The molecule has 0 bridgehead atoms. The maximum atomic E-state index is 13.0. The first-order valence-electron chi connectivity index (χ1n) is 11.7. The van der Waals surface area contributed by atoms with Crippen LogP contribution in [0.5, 0.6) is 11.5 Å². The lowest BCUT2D eigenvalue weighted by Gasteiger charge is -2.36. The number of imide groups is 1. The van der Waals surface area contributed by atoms with Crippen LogP contribution in [0.15, 0.2) is 47.4 Å². The number of anilines is 1. The van der Waals surface area contributed by atoms with E-state index >= 15 is 0 Å². The van der Waals surface area contributed by atoms with E-state index in [-0.39, 0.29) is 40.5 Å². The van der Waals surface area contributed by atoms with Gasteiger partial charge in [0.15, 0.2) is 18.1 Å². The van der Waals surface area contributed by atoms with E-state index in [0.717, 1.165) is 22.3 Å². The summed E-state index contributed by atoms with van der Waals surface area (Å²) in [7, 11) is 2.64. The van der Waals surface area contributed by atoms with Crippen molar-refractivity contribution in [3.05, 3.63) is 58.0 Å². The van der Waals surface area contributed by atoms with Gasteiger partial charge in [0.1, 0.15) is 6.54 Å². The molecule has 0 unspecified atom stereocenters.